The molecule has 0 aliphatic rings. The van der Waals surface area contributed by atoms with Crippen molar-refractivity contribution in [2.75, 3.05) is 5.73 Å². The largest absolute Gasteiger partial charge is 0.573 e. The van der Waals surface area contributed by atoms with E-state index < -0.39 is 36.3 Å². The van der Waals surface area contributed by atoms with Gasteiger partial charge in [0, 0.05) is 10.7 Å². The first-order valence-corrected chi connectivity index (χ1v) is 6.77. The summed E-state index contributed by atoms with van der Waals surface area (Å²) < 4.78 is 60.8. The van der Waals surface area contributed by atoms with Crippen LogP contribution in [0.15, 0.2) is 15.7 Å². The number of alkyl halides is 3. The first-order chi connectivity index (χ1) is 7.52. The second-order valence-corrected chi connectivity index (χ2v) is 5.92. The first kappa shape index (κ1) is 14.3. The number of nitrogens with two attached hydrogens (primary N) is 1. The summed E-state index contributed by atoms with van der Waals surface area (Å²) in [6.45, 7) is 0. The Morgan fingerprint density at radius 3 is 2.41 bits per heavy atom. The third-order valence-corrected chi connectivity index (χ3v) is 3.72. The van der Waals surface area contributed by atoms with Crippen LogP contribution >= 0.6 is 26.6 Å². The van der Waals surface area contributed by atoms with Gasteiger partial charge < -0.3 is 10.5 Å². The number of hydrogen-bond donors (Lipinski definition) is 1. The van der Waals surface area contributed by atoms with E-state index in [0.717, 1.165) is 0 Å². The van der Waals surface area contributed by atoms with Gasteiger partial charge in [-0.3, -0.25) is 0 Å². The van der Waals surface area contributed by atoms with Gasteiger partial charge in [0.05, 0.1) is 16.4 Å². The molecule has 0 atom stereocenters. The first-order valence-electron chi connectivity index (χ1n) is 3.67. The maximum Gasteiger partial charge on any atom is 0.573 e. The number of nitrogen functional groups attached to an aromatic ring is 1. The van der Waals surface area contributed by atoms with Crippen LogP contribution in [-0.2, 0) is 9.05 Å². The van der Waals surface area contributed by atoms with E-state index in [2.05, 4.69) is 25.7 Å². The Kier molecular flexibility index (Phi) is 3.79. The topological polar surface area (TPSA) is 82.3 Å². The van der Waals surface area contributed by atoms with Gasteiger partial charge in [0.1, 0.15) is 0 Å². The number of pyridine rings is 1. The van der Waals surface area contributed by atoms with Crippen molar-refractivity contribution in [1.29, 1.82) is 0 Å². The molecule has 0 radical (unpaired) electrons. The van der Waals surface area contributed by atoms with Crippen LogP contribution in [0.25, 0.3) is 0 Å². The quantitative estimate of drug-likeness (QED) is 0.823. The summed E-state index contributed by atoms with van der Waals surface area (Å²) in [4.78, 5) is 3.22. The molecule has 0 aliphatic carbocycles. The van der Waals surface area contributed by atoms with Crippen molar-refractivity contribution in [2.45, 2.75) is 11.4 Å². The lowest BCUT2D eigenvalue weighted by atomic mass is 10.4. The number of anilines is 1. The minimum atomic E-state index is -4.96. The fourth-order valence-corrected chi connectivity index (χ4v) is 2.91. The smallest absolute Gasteiger partial charge is 0.402 e. The van der Waals surface area contributed by atoms with Crippen LogP contribution < -0.4 is 10.5 Å². The Balaban J connectivity index is 3.30. The van der Waals surface area contributed by atoms with Gasteiger partial charge in [-0.2, -0.15) is 0 Å². The normalized spacial score (nSPS) is 12.5. The van der Waals surface area contributed by atoms with Gasteiger partial charge >= 0.3 is 6.36 Å². The summed E-state index contributed by atoms with van der Waals surface area (Å²) in [5, 5.41) is -0.689. The number of hydrogen-bond acceptors (Lipinski definition) is 5. The fourth-order valence-electron chi connectivity index (χ4n) is 0.843. The summed E-state index contributed by atoms with van der Waals surface area (Å²) in [6.07, 6.45) is -4.44. The number of aromatic nitrogens is 1. The van der Waals surface area contributed by atoms with E-state index in [1.54, 1.807) is 0 Å². The third-order valence-electron chi connectivity index (χ3n) is 1.45. The maximum absolute atomic E-state index is 11.9. The number of nitrogens with zero attached hydrogens (tertiary/aromatic N) is 1. The lowest BCUT2D eigenvalue weighted by molar-refractivity contribution is -0.274. The number of ether oxygens (including phenoxy) is 1. The van der Waals surface area contributed by atoms with Crippen LogP contribution in [0.2, 0.25) is 0 Å². The Hall–Kier alpha value is -0.740. The summed E-state index contributed by atoms with van der Waals surface area (Å²) in [5.41, 5.74) is 4.68. The van der Waals surface area contributed by atoms with E-state index in [4.69, 9.17) is 16.4 Å². The summed E-state index contributed by atoms with van der Waals surface area (Å²) in [6, 6.07) is 0. The monoisotopic (exact) mass is 354 g/mol. The van der Waals surface area contributed by atoms with Gasteiger partial charge in [-0.25, -0.2) is 13.4 Å². The molecule has 0 saturated carbocycles. The van der Waals surface area contributed by atoms with Crippen LogP contribution in [0, 0.1) is 0 Å². The summed E-state index contributed by atoms with van der Waals surface area (Å²) in [7, 11) is 0.763. The molecule has 2 N–H and O–H groups in total. The molecule has 1 aromatic heterocycles. The van der Waals surface area contributed by atoms with Crippen molar-refractivity contribution in [1.82, 2.24) is 4.98 Å². The highest BCUT2D eigenvalue weighted by atomic mass is 79.9. The molecule has 1 rings (SSSR count). The van der Waals surface area contributed by atoms with Gasteiger partial charge in [0.15, 0.2) is 10.8 Å². The number of rotatable bonds is 2. The lowest BCUT2D eigenvalue weighted by Crippen LogP contribution is -2.18. The molecule has 0 aromatic carbocycles. The van der Waals surface area contributed by atoms with Crippen molar-refractivity contribution < 1.29 is 26.3 Å². The van der Waals surface area contributed by atoms with E-state index in [1.807, 2.05) is 0 Å². The number of halogens is 5. The Labute approximate surface area is 106 Å². The molecule has 11 heteroatoms. The Morgan fingerprint density at radius 1 is 1.47 bits per heavy atom. The summed E-state index contributed by atoms with van der Waals surface area (Å²) in [5.74, 6) is -0.826. The van der Waals surface area contributed by atoms with Gasteiger partial charge in [-0.05, 0) is 15.9 Å². The molecule has 0 spiro atoms. The second-order valence-electron chi connectivity index (χ2n) is 2.64. The van der Waals surface area contributed by atoms with Crippen LogP contribution in [-0.4, -0.2) is 19.8 Å². The molecule has 0 fully saturated rings. The van der Waals surface area contributed by atoms with Crippen molar-refractivity contribution in [3.8, 4) is 5.75 Å². The van der Waals surface area contributed by atoms with Gasteiger partial charge in [0.25, 0.3) is 9.05 Å². The molecule has 1 heterocycles. The Bertz CT molecular complexity index is 548. The second kappa shape index (κ2) is 4.50. The van der Waals surface area contributed by atoms with E-state index >= 15 is 0 Å². The SMILES string of the molecule is Nc1c(OC(F)(F)F)cnc(S(=O)(=O)Cl)c1Br. The molecule has 17 heavy (non-hydrogen) atoms. The third kappa shape index (κ3) is 3.61. The van der Waals surface area contributed by atoms with Gasteiger partial charge in [-0.15, -0.1) is 13.2 Å². The lowest BCUT2D eigenvalue weighted by Gasteiger charge is -2.12. The molecule has 0 amide bonds. The molecule has 5 nitrogen and oxygen atoms in total. The standard InChI is InChI=1S/C6H3BrClF3N2O3S/c7-3-4(12)2(16-6(9,10)11)1-13-5(3)17(8,14)15/h1H,(H2,12,13). The van der Waals surface area contributed by atoms with E-state index in [-0.39, 0.29) is 0 Å². The summed E-state index contributed by atoms with van der Waals surface area (Å²) >= 11 is 2.68. The maximum atomic E-state index is 11.9. The van der Waals surface area contributed by atoms with Crippen molar-refractivity contribution >= 4 is 41.4 Å². The average Bonchev–Trinajstić information content (AvgIpc) is 2.08. The molecule has 96 valence electrons. The van der Waals surface area contributed by atoms with E-state index in [9.17, 15) is 21.6 Å². The van der Waals surface area contributed by atoms with Crippen molar-refractivity contribution in [2.24, 2.45) is 0 Å². The zero-order valence-corrected chi connectivity index (χ0v) is 10.8. The minimum absolute atomic E-state index is 0.394. The minimum Gasteiger partial charge on any atom is -0.402 e. The average molecular weight is 356 g/mol. The predicted octanol–water partition coefficient (Wildman–Crippen LogP) is 2.25. The predicted molar refractivity (Wildman–Crippen MR) is 56.1 cm³/mol. The van der Waals surface area contributed by atoms with Gasteiger partial charge in [0.2, 0.25) is 0 Å². The molecule has 1 aromatic rings. The highest BCUT2D eigenvalue weighted by molar-refractivity contribution is 9.10. The van der Waals surface area contributed by atoms with Gasteiger partial charge in [-0.1, -0.05) is 0 Å². The molecule has 0 aliphatic heterocycles. The zero-order chi connectivity index (χ0) is 13.4. The van der Waals surface area contributed by atoms with Crippen LogP contribution in [0.1, 0.15) is 0 Å². The zero-order valence-electron chi connectivity index (χ0n) is 7.62. The van der Waals surface area contributed by atoms with Crippen molar-refractivity contribution in [3.05, 3.63) is 10.7 Å². The highest BCUT2D eigenvalue weighted by Gasteiger charge is 2.33. The van der Waals surface area contributed by atoms with E-state index in [0.29, 0.717) is 6.20 Å². The van der Waals surface area contributed by atoms with Crippen LogP contribution in [0.4, 0.5) is 18.9 Å². The molecule has 0 saturated heterocycles. The Morgan fingerprint density at radius 2 is 2.00 bits per heavy atom. The fraction of sp³-hybridized carbons (Fsp3) is 0.167. The molecular formula is C6H3BrClF3N2O3S. The van der Waals surface area contributed by atoms with E-state index in [1.165, 1.54) is 0 Å². The highest BCUT2D eigenvalue weighted by Crippen LogP contribution is 2.36. The van der Waals surface area contributed by atoms with Crippen LogP contribution in [0.5, 0.6) is 5.75 Å². The van der Waals surface area contributed by atoms with Crippen LogP contribution in [0.3, 0.4) is 0 Å². The molecular weight excluding hydrogens is 352 g/mol. The molecule has 0 bridgehead atoms. The van der Waals surface area contributed by atoms with Crippen molar-refractivity contribution in [3.63, 3.8) is 0 Å². The molecule has 0 unspecified atom stereocenters.